The first-order valence-corrected chi connectivity index (χ1v) is 22.2. The first kappa shape index (κ1) is 34.6. The van der Waals surface area contributed by atoms with Crippen molar-refractivity contribution >= 4 is 75.3 Å². The van der Waals surface area contributed by atoms with Gasteiger partial charge in [-0.2, -0.15) is 0 Å². The summed E-state index contributed by atoms with van der Waals surface area (Å²) in [7, 11) is 0. The Kier molecular flexibility index (Phi) is 7.24. The van der Waals surface area contributed by atoms with E-state index in [0.717, 1.165) is 65.5 Å². The maximum Gasteiger partial charge on any atom is 0.236 e. The van der Waals surface area contributed by atoms with E-state index in [1.54, 1.807) is 11.3 Å². The Morgan fingerprint density at radius 3 is 1.67 bits per heavy atom. The summed E-state index contributed by atoms with van der Waals surface area (Å²) in [5.74, 6) is 0.658. The van der Waals surface area contributed by atoms with Crippen LogP contribution in [-0.4, -0.2) is 19.1 Å². The van der Waals surface area contributed by atoms with Crippen molar-refractivity contribution in [2.45, 2.75) is 0 Å². The summed E-state index contributed by atoms with van der Waals surface area (Å²) in [4.78, 5) is 12.2. The zero-order valence-corrected chi connectivity index (χ0v) is 34.6. The molecule has 13 aromatic rings. The first-order valence-electron chi connectivity index (χ1n) is 21.4. The van der Waals surface area contributed by atoms with Crippen LogP contribution in [-0.2, 0) is 0 Å². The van der Waals surface area contributed by atoms with Gasteiger partial charge in [0.1, 0.15) is 4.83 Å². The van der Waals surface area contributed by atoms with E-state index >= 15 is 0 Å². The number of nitrogens with zero attached hydrogens (tertiary/aromatic N) is 4. The van der Waals surface area contributed by atoms with E-state index in [4.69, 9.17) is 9.97 Å². The second-order valence-corrected chi connectivity index (χ2v) is 17.6. The molecule has 0 spiro atoms. The van der Waals surface area contributed by atoms with Crippen molar-refractivity contribution in [1.82, 2.24) is 19.1 Å². The molecule has 292 valence electrons. The van der Waals surface area contributed by atoms with E-state index in [1.165, 1.54) is 59.8 Å². The Bertz CT molecular complexity index is 3970. The van der Waals surface area contributed by atoms with Crippen LogP contribution in [0.15, 0.2) is 206 Å². The lowest BCUT2D eigenvalue weighted by Gasteiger charge is -2.14. The van der Waals surface area contributed by atoms with Gasteiger partial charge < -0.3 is 4.57 Å². The molecule has 4 nitrogen and oxygen atoms in total. The highest BCUT2D eigenvalue weighted by Gasteiger charge is 2.27. The van der Waals surface area contributed by atoms with Gasteiger partial charge in [0.15, 0.2) is 0 Å². The van der Waals surface area contributed by atoms with Gasteiger partial charge in [-0.25, -0.2) is 9.97 Å². The van der Waals surface area contributed by atoms with Gasteiger partial charge in [-0.3, -0.25) is 4.57 Å². The molecule has 9 aromatic carbocycles. The third-order valence-corrected chi connectivity index (χ3v) is 14.1. The molecule has 0 N–H and O–H groups in total. The SMILES string of the molecule is c1ccc(-c2cc(-c3ccccc3)cc(-c3nc(-n4c5ccccc5c5cc6c(cc54)c4cccc5c4n6-c4ccccc4-c4ccccc4-5)nc4sc5ccccc5c34)c2)cc1. The van der Waals surface area contributed by atoms with Gasteiger partial charge in [0, 0.05) is 53.7 Å². The third-order valence-electron chi connectivity index (χ3n) is 13.1. The predicted molar refractivity (Wildman–Crippen MR) is 264 cm³/mol. The predicted octanol–water partition coefficient (Wildman–Crippen LogP) is 15.7. The van der Waals surface area contributed by atoms with Gasteiger partial charge >= 0.3 is 0 Å². The minimum absolute atomic E-state index is 0.658. The van der Waals surface area contributed by atoms with Crippen molar-refractivity contribution in [1.29, 1.82) is 0 Å². The molecule has 0 unspecified atom stereocenters. The number of fused-ring (bicyclic) bond motifs is 14. The van der Waals surface area contributed by atoms with Gasteiger partial charge in [0.05, 0.1) is 33.4 Å². The van der Waals surface area contributed by atoms with Gasteiger partial charge in [0.2, 0.25) is 5.95 Å². The van der Waals surface area contributed by atoms with E-state index in [2.05, 4.69) is 215 Å². The molecule has 14 rings (SSSR count). The number of thiophene rings is 1. The molecular formula is C58H34N4S. The molecule has 0 radical (unpaired) electrons. The Morgan fingerprint density at radius 2 is 0.905 bits per heavy atom. The number of para-hydroxylation sites is 3. The largest absolute Gasteiger partial charge is 0.308 e. The van der Waals surface area contributed by atoms with Crippen molar-refractivity contribution in [3.8, 4) is 67.4 Å². The molecule has 0 saturated heterocycles. The number of hydrogen-bond acceptors (Lipinski definition) is 3. The summed E-state index contributed by atoms with van der Waals surface area (Å²) in [6.45, 7) is 0. The van der Waals surface area contributed by atoms with E-state index in [-0.39, 0.29) is 0 Å². The summed E-state index contributed by atoms with van der Waals surface area (Å²) >= 11 is 1.74. The average molecular weight is 819 g/mol. The minimum Gasteiger partial charge on any atom is -0.308 e. The van der Waals surface area contributed by atoms with Crippen LogP contribution < -0.4 is 0 Å². The molecule has 0 saturated carbocycles. The summed E-state index contributed by atoms with van der Waals surface area (Å²) in [5, 5.41) is 7.00. The maximum atomic E-state index is 5.71. The Balaban J connectivity index is 1.09. The molecule has 0 bridgehead atoms. The fourth-order valence-corrected chi connectivity index (χ4v) is 11.4. The average Bonchev–Trinajstić information content (AvgIpc) is 3.97. The summed E-state index contributed by atoms with van der Waals surface area (Å²) in [6, 6.07) is 74.9. The van der Waals surface area contributed by atoms with Crippen LogP contribution >= 0.6 is 11.3 Å². The number of hydrogen-bond donors (Lipinski definition) is 0. The summed E-state index contributed by atoms with van der Waals surface area (Å²) in [6.07, 6.45) is 0. The third kappa shape index (κ3) is 5.03. The van der Waals surface area contributed by atoms with E-state index in [0.29, 0.717) is 5.95 Å². The normalized spacial score (nSPS) is 12.1. The lowest BCUT2D eigenvalue weighted by Crippen LogP contribution is -2.03. The number of rotatable bonds is 4. The highest BCUT2D eigenvalue weighted by Crippen LogP contribution is 2.48. The molecule has 5 heterocycles. The van der Waals surface area contributed by atoms with Crippen LogP contribution in [0.2, 0.25) is 0 Å². The zero-order valence-electron chi connectivity index (χ0n) is 33.8. The highest BCUT2D eigenvalue weighted by molar-refractivity contribution is 7.25. The second kappa shape index (κ2) is 13.2. The highest BCUT2D eigenvalue weighted by atomic mass is 32.1. The van der Waals surface area contributed by atoms with Gasteiger partial charge in [-0.05, 0) is 81.9 Å². The molecule has 4 aromatic heterocycles. The first-order chi connectivity index (χ1) is 31.2. The summed E-state index contributed by atoms with van der Waals surface area (Å²) < 4.78 is 6.00. The molecular weight excluding hydrogens is 785 g/mol. The molecule has 0 aliphatic carbocycles. The standard InChI is InChI=1S/C58H34N4S/c1-3-16-35(17-4-1)37-30-38(36-18-5-2-6-19-36)32-39(31-37)55-54-46-24-11-14-29-53(46)63-57(54)60-58(59-55)62-50-28-13-10-23-43(50)47-33-51-48(34-52(47)62)45-26-15-25-44-41-21-8-7-20-40(41)42-22-9-12-27-49(42)61(51)56(44)45/h1-34H. The van der Waals surface area contributed by atoms with Crippen LogP contribution in [0.5, 0.6) is 0 Å². The molecule has 63 heavy (non-hydrogen) atoms. The lowest BCUT2D eigenvalue weighted by atomic mass is 9.94. The van der Waals surface area contributed by atoms with E-state index < -0.39 is 0 Å². The fraction of sp³-hybridized carbons (Fsp3) is 0. The van der Waals surface area contributed by atoms with E-state index in [1.807, 2.05) is 0 Å². The molecule has 0 amide bonds. The van der Waals surface area contributed by atoms with Gasteiger partial charge in [0.25, 0.3) is 0 Å². The Hall–Kier alpha value is -8.12. The quantitative estimate of drug-likeness (QED) is 0.177. The smallest absolute Gasteiger partial charge is 0.236 e. The molecule has 1 aliphatic rings. The van der Waals surface area contributed by atoms with Crippen LogP contribution in [0, 0.1) is 0 Å². The van der Waals surface area contributed by atoms with Crippen molar-refractivity contribution in [3.05, 3.63) is 206 Å². The van der Waals surface area contributed by atoms with Crippen LogP contribution in [0.3, 0.4) is 0 Å². The minimum atomic E-state index is 0.658. The molecule has 0 atom stereocenters. The fourth-order valence-electron chi connectivity index (χ4n) is 10.3. The number of aromatic nitrogens is 4. The number of benzene rings is 9. The molecule has 1 aliphatic heterocycles. The topological polar surface area (TPSA) is 35.6 Å². The van der Waals surface area contributed by atoms with E-state index in [9.17, 15) is 0 Å². The maximum absolute atomic E-state index is 5.71. The van der Waals surface area contributed by atoms with Gasteiger partial charge in [-0.15, -0.1) is 11.3 Å². The van der Waals surface area contributed by atoms with Crippen molar-refractivity contribution in [2.24, 2.45) is 0 Å². The summed E-state index contributed by atoms with van der Waals surface area (Å²) in [5.41, 5.74) is 17.3. The lowest BCUT2D eigenvalue weighted by molar-refractivity contribution is 1.02. The Morgan fingerprint density at radius 1 is 0.349 bits per heavy atom. The van der Waals surface area contributed by atoms with Gasteiger partial charge in [-0.1, -0.05) is 158 Å². The van der Waals surface area contributed by atoms with Crippen molar-refractivity contribution in [3.63, 3.8) is 0 Å². The molecule has 5 heteroatoms. The Labute approximate surface area is 366 Å². The van der Waals surface area contributed by atoms with Crippen molar-refractivity contribution in [2.75, 3.05) is 0 Å². The molecule has 0 fully saturated rings. The monoisotopic (exact) mass is 818 g/mol. The van der Waals surface area contributed by atoms with Crippen LogP contribution in [0.25, 0.3) is 131 Å². The van der Waals surface area contributed by atoms with Crippen LogP contribution in [0.1, 0.15) is 0 Å². The van der Waals surface area contributed by atoms with Crippen LogP contribution in [0.4, 0.5) is 0 Å². The van der Waals surface area contributed by atoms with Crippen molar-refractivity contribution < 1.29 is 0 Å². The second-order valence-electron chi connectivity index (χ2n) is 16.5. The zero-order chi connectivity index (χ0) is 41.2.